The average Bonchev–Trinajstić information content (AvgIpc) is 2.72. The molecule has 6 heteroatoms. The molecule has 0 amide bonds. The first kappa shape index (κ1) is 21.2. The van der Waals surface area contributed by atoms with E-state index in [1.165, 1.54) is 17.2 Å². The van der Waals surface area contributed by atoms with Crippen molar-refractivity contribution in [1.82, 2.24) is 15.5 Å². The zero-order valence-corrected chi connectivity index (χ0v) is 17.2. The number of guanidine groups is 1. The maximum absolute atomic E-state index is 13.7. The van der Waals surface area contributed by atoms with E-state index >= 15 is 0 Å². The summed E-state index contributed by atoms with van der Waals surface area (Å²) in [6.45, 7) is 5.68. The molecule has 156 valence electrons. The lowest BCUT2D eigenvalue weighted by Crippen LogP contribution is -2.48. The van der Waals surface area contributed by atoms with Gasteiger partial charge in [-0.15, -0.1) is 0 Å². The number of hydrogen-bond acceptors (Lipinski definition) is 2. The molecule has 1 saturated heterocycles. The third-order valence-corrected chi connectivity index (χ3v) is 5.36. The Bertz CT molecular complexity index is 829. The number of halogens is 2. The second-order valence-electron chi connectivity index (χ2n) is 7.65. The molecule has 29 heavy (non-hydrogen) atoms. The molecule has 2 aromatic carbocycles. The van der Waals surface area contributed by atoms with Gasteiger partial charge in [-0.25, -0.2) is 8.78 Å². The molecule has 1 aliphatic rings. The van der Waals surface area contributed by atoms with Crippen LogP contribution in [0.3, 0.4) is 0 Å². The number of benzene rings is 2. The number of nitrogens with zero attached hydrogens (tertiary/aromatic N) is 2. The molecule has 2 N–H and O–H groups in total. The summed E-state index contributed by atoms with van der Waals surface area (Å²) in [6.07, 6.45) is 2.50. The first-order valence-corrected chi connectivity index (χ1v) is 10.2. The topological polar surface area (TPSA) is 39.7 Å². The van der Waals surface area contributed by atoms with E-state index in [2.05, 4.69) is 51.7 Å². The normalized spacial score (nSPS) is 16.1. The first-order chi connectivity index (χ1) is 14.0. The molecule has 0 radical (unpaired) electrons. The number of rotatable bonds is 6. The zero-order valence-electron chi connectivity index (χ0n) is 17.2. The Labute approximate surface area is 172 Å². The molecular weight excluding hydrogens is 370 g/mol. The minimum Gasteiger partial charge on any atom is -0.356 e. The summed E-state index contributed by atoms with van der Waals surface area (Å²) in [7, 11) is 1.73. The van der Waals surface area contributed by atoms with Gasteiger partial charge in [-0.2, -0.15) is 0 Å². The number of hydrogen-bond donors (Lipinski definition) is 2. The Kier molecular flexibility index (Phi) is 7.58. The van der Waals surface area contributed by atoms with Gasteiger partial charge in [0.25, 0.3) is 0 Å². The highest BCUT2D eigenvalue weighted by Crippen LogP contribution is 2.15. The number of aryl methyl sites for hydroxylation is 1. The molecule has 0 aliphatic carbocycles. The lowest BCUT2D eigenvalue weighted by molar-refractivity contribution is 0.198. The first-order valence-electron chi connectivity index (χ1n) is 10.2. The molecule has 0 saturated carbocycles. The standard InChI is InChI=1S/C23H30F2N4/c1-17-5-3-6-18(15-17)16-29-13-10-20(11-14-29)28-23(26-2)27-12-9-19-7-4-8-21(24)22(19)25/h3-8,15,20H,9-14,16H2,1-2H3,(H2,26,27,28). The van der Waals surface area contributed by atoms with Crippen molar-refractivity contribution in [3.05, 3.63) is 70.8 Å². The Morgan fingerprint density at radius 2 is 1.90 bits per heavy atom. The van der Waals surface area contributed by atoms with E-state index < -0.39 is 11.6 Å². The molecule has 0 spiro atoms. The fourth-order valence-electron chi connectivity index (χ4n) is 3.75. The number of aliphatic imine (C=N–C) groups is 1. The number of piperidine rings is 1. The van der Waals surface area contributed by atoms with E-state index in [0.717, 1.165) is 38.5 Å². The maximum Gasteiger partial charge on any atom is 0.191 e. The highest BCUT2D eigenvalue weighted by Gasteiger charge is 2.20. The van der Waals surface area contributed by atoms with Crippen molar-refractivity contribution < 1.29 is 8.78 Å². The van der Waals surface area contributed by atoms with Crippen molar-refractivity contribution in [2.45, 2.75) is 38.8 Å². The van der Waals surface area contributed by atoms with Gasteiger partial charge in [0.05, 0.1) is 0 Å². The number of likely N-dealkylation sites (tertiary alicyclic amines) is 1. The van der Waals surface area contributed by atoms with E-state index in [1.54, 1.807) is 13.1 Å². The van der Waals surface area contributed by atoms with E-state index in [9.17, 15) is 8.78 Å². The fraction of sp³-hybridized carbons (Fsp3) is 0.435. The van der Waals surface area contributed by atoms with Crippen LogP contribution < -0.4 is 10.6 Å². The van der Waals surface area contributed by atoms with Crippen LogP contribution in [0.25, 0.3) is 0 Å². The molecule has 1 fully saturated rings. The van der Waals surface area contributed by atoms with Gasteiger partial charge in [0, 0.05) is 39.3 Å². The van der Waals surface area contributed by atoms with Crippen LogP contribution in [0.1, 0.15) is 29.5 Å². The molecule has 0 unspecified atom stereocenters. The van der Waals surface area contributed by atoms with Gasteiger partial charge in [-0.3, -0.25) is 9.89 Å². The molecule has 4 nitrogen and oxygen atoms in total. The monoisotopic (exact) mass is 400 g/mol. The predicted octanol–water partition coefficient (Wildman–Crippen LogP) is 3.65. The van der Waals surface area contributed by atoms with E-state index in [0.29, 0.717) is 30.5 Å². The fourth-order valence-corrected chi connectivity index (χ4v) is 3.75. The third kappa shape index (κ3) is 6.26. The summed E-state index contributed by atoms with van der Waals surface area (Å²) in [4.78, 5) is 6.74. The van der Waals surface area contributed by atoms with Crippen LogP contribution in [0.4, 0.5) is 8.78 Å². The minimum absolute atomic E-state index is 0.362. The van der Waals surface area contributed by atoms with Crippen molar-refractivity contribution in [1.29, 1.82) is 0 Å². The van der Waals surface area contributed by atoms with Gasteiger partial charge < -0.3 is 10.6 Å². The highest BCUT2D eigenvalue weighted by atomic mass is 19.2. The Morgan fingerprint density at radius 1 is 1.14 bits per heavy atom. The van der Waals surface area contributed by atoms with E-state index in [-0.39, 0.29) is 0 Å². The van der Waals surface area contributed by atoms with Gasteiger partial charge in [0.2, 0.25) is 0 Å². The molecule has 1 heterocycles. The Morgan fingerprint density at radius 3 is 2.62 bits per heavy atom. The summed E-state index contributed by atoms with van der Waals surface area (Å²) in [5.74, 6) is -0.861. The minimum atomic E-state index is -0.803. The Balaban J connectivity index is 1.41. The van der Waals surface area contributed by atoms with E-state index in [1.807, 2.05) is 0 Å². The summed E-state index contributed by atoms with van der Waals surface area (Å²) >= 11 is 0. The molecule has 0 atom stereocenters. The SMILES string of the molecule is CN=C(NCCc1cccc(F)c1F)NC1CCN(Cc2cccc(C)c2)CC1. The van der Waals surface area contributed by atoms with Crippen LogP contribution in [-0.2, 0) is 13.0 Å². The van der Waals surface area contributed by atoms with Gasteiger partial charge in [0.1, 0.15) is 0 Å². The lowest BCUT2D eigenvalue weighted by atomic mass is 10.0. The second-order valence-corrected chi connectivity index (χ2v) is 7.65. The van der Waals surface area contributed by atoms with Crippen LogP contribution >= 0.6 is 0 Å². The van der Waals surface area contributed by atoms with Crippen LogP contribution in [0.5, 0.6) is 0 Å². The third-order valence-electron chi connectivity index (χ3n) is 5.36. The highest BCUT2D eigenvalue weighted by molar-refractivity contribution is 5.79. The molecule has 2 aromatic rings. The van der Waals surface area contributed by atoms with Crippen molar-refractivity contribution in [2.24, 2.45) is 4.99 Å². The lowest BCUT2D eigenvalue weighted by Gasteiger charge is -2.33. The molecule has 0 aromatic heterocycles. The van der Waals surface area contributed by atoms with Crippen molar-refractivity contribution in [3.8, 4) is 0 Å². The molecular formula is C23H30F2N4. The van der Waals surface area contributed by atoms with Gasteiger partial charge >= 0.3 is 0 Å². The quantitative estimate of drug-likeness (QED) is 0.574. The van der Waals surface area contributed by atoms with Crippen molar-refractivity contribution in [2.75, 3.05) is 26.7 Å². The van der Waals surface area contributed by atoms with Crippen LogP contribution in [0.15, 0.2) is 47.5 Å². The number of nitrogens with one attached hydrogen (secondary N) is 2. The summed E-state index contributed by atoms with van der Waals surface area (Å²) in [5.41, 5.74) is 3.03. The zero-order chi connectivity index (χ0) is 20.6. The predicted molar refractivity (Wildman–Crippen MR) is 114 cm³/mol. The molecule has 3 rings (SSSR count). The summed E-state index contributed by atoms with van der Waals surface area (Å²) < 4.78 is 27.0. The van der Waals surface area contributed by atoms with E-state index in [4.69, 9.17) is 0 Å². The molecule has 0 bridgehead atoms. The second kappa shape index (κ2) is 10.3. The molecule has 1 aliphatic heterocycles. The van der Waals surface area contributed by atoms with Crippen molar-refractivity contribution in [3.63, 3.8) is 0 Å². The maximum atomic E-state index is 13.7. The van der Waals surface area contributed by atoms with Crippen LogP contribution in [0, 0.1) is 18.6 Å². The van der Waals surface area contributed by atoms with Crippen LogP contribution in [-0.4, -0.2) is 43.6 Å². The van der Waals surface area contributed by atoms with Gasteiger partial charge in [0.15, 0.2) is 17.6 Å². The Hall–Kier alpha value is -2.47. The summed E-state index contributed by atoms with van der Waals surface area (Å²) in [5, 5.41) is 6.66. The van der Waals surface area contributed by atoms with Crippen LogP contribution in [0.2, 0.25) is 0 Å². The largest absolute Gasteiger partial charge is 0.356 e. The van der Waals surface area contributed by atoms with Crippen molar-refractivity contribution >= 4 is 5.96 Å². The smallest absolute Gasteiger partial charge is 0.191 e. The van der Waals surface area contributed by atoms with Gasteiger partial charge in [-0.1, -0.05) is 42.0 Å². The van der Waals surface area contributed by atoms with Gasteiger partial charge in [-0.05, 0) is 43.4 Å². The average molecular weight is 401 g/mol. The summed E-state index contributed by atoms with van der Waals surface area (Å²) in [6, 6.07) is 13.3.